The van der Waals surface area contributed by atoms with Gasteiger partial charge in [0.15, 0.2) is 0 Å². The Morgan fingerprint density at radius 3 is 2.17 bits per heavy atom. The first-order chi connectivity index (χ1) is 13.7. The van der Waals surface area contributed by atoms with Crippen molar-refractivity contribution < 1.29 is 17.7 Å². The average molecular weight is 422 g/mol. The highest BCUT2D eigenvalue weighted by Crippen LogP contribution is 2.18. The summed E-state index contributed by atoms with van der Waals surface area (Å²) in [5.41, 5.74) is 3.25. The number of benzene rings is 2. The SMILES string of the molecule is CN(C)c1ccc([C@H](CNS(C)(=O)=O)[NH+]2CCN(c3ccc(F)cc3)CC2)cc1. The van der Waals surface area contributed by atoms with Crippen LogP contribution in [0, 0.1) is 5.82 Å². The first-order valence-electron chi connectivity index (χ1n) is 9.80. The van der Waals surface area contributed by atoms with Crippen molar-refractivity contribution in [3.8, 4) is 0 Å². The maximum Gasteiger partial charge on any atom is 0.208 e. The van der Waals surface area contributed by atoms with E-state index >= 15 is 0 Å². The molecule has 0 unspecified atom stereocenters. The van der Waals surface area contributed by atoms with Gasteiger partial charge < -0.3 is 14.7 Å². The summed E-state index contributed by atoms with van der Waals surface area (Å²) in [6.45, 7) is 3.80. The number of hydrogen-bond acceptors (Lipinski definition) is 4. The number of anilines is 2. The Kier molecular flexibility index (Phi) is 6.77. The summed E-state index contributed by atoms with van der Waals surface area (Å²) in [5.74, 6) is -0.230. The van der Waals surface area contributed by atoms with Crippen molar-refractivity contribution in [2.45, 2.75) is 6.04 Å². The second kappa shape index (κ2) is 9.11. The number of quaternary nitrogens is 1. The monoisotopic (exact) mass is 421 g/mol. The Balaban J connectivity index is 1.73. The molecule has 8 heteroatoms. The van der Waals surface area contributed by atoms with Gasteiger partial charge in [-0.15, -0.1) is 0 Å². The second-order valence-electron chi connectivity index (χ2n) is 7.78. The molecule has 2 N–H and O–H groups in total. The third-order valence-corrected chi connectivity index (χ3v) is 6.14. The van der Waals surface area contributed by atoms with Crippen LogP contribution >= 0.6 is 0 Å². The summed E-state index contributed by atoms with van der Waals surface area (Å²) in [5, 5.41) is 0. The topological polar surface area (TPSA) is 57.1 Å². The van der Waals surface area contributed by atoms with Crippen molar-refractivity contribution in [2.24, 2.45) is 0 Å². The lowest BCUT2D eigenvalue weighted by Crippen LogP contribution is -3.15. The Bertz CT molecular complexity index is 893. The van der Waals surface area contributed by atoms with Crippen molar-refractivity contribution in [3.05, 3.63) is 59.9 Å². The average Bonchev–Trinajstić information content (AvgIpc) is 2.69. The molecule has 6 nitrogen and oxygen atoms in total. The van der Waals surface area contributed by atoms with Crippen molar-refractivity contribution >= 4 is 21.4 Å². The van der Waals surface area contributed by atoms with E-state index in [9.17, 15) is 12.8 Å². The summed E-state index contributed by atoms with van der Waals surface area (Å²) < 4.78 is 39.3. The third kappa shape index (κ3) is 5.91. The zero-order valence-corrected chi connectivity index (χ0v) is 18.0. The maximum atomic E-state index is 13.2. The molecular formula is C21H30FN4O2S+. The van der Waals surface area contributed by atoms with Crippen LogP contribution in [0.5, 0.6) is 0 Å². The van der Waals surface area contributed by atoms with E-state index < -0.39 is 10.0 Å². The van der Waals surface area contributed by atoms with Crippen LogP contribution in [0.1, 0.15) is 11.6 Å². The van der Waals surface area contributed by atoms with E-state index in [2.05, 4.69) is 33.9 Å². The molecule has 1 atom stereocenters. The molecule has 29 heavy (non-hydrogen) atoms. The third-order valence-electron chi connectivity index (χ3n) is 5.45. The van der Waals surface area contributed by atoms with Gasteiger partial charge in [-0.25, -0.2) is 17.5 Å². The minimum atomic E-state index is -3.26. The molecule has 2 aromatic rings. The van der Waals surface area contributed by atoms with E-state index in [0.29, 0.717) is 6.54 Å². The van der Waals surface area contributed by atoms with E-state index in [4.69, 9.17) is 0 Å². The maximum absolute atomic E-state index is 13.2. The summed E-state index contributed by atoms with van der Waals surface area (Å²) in [6.07, 6.45) is 1.20. The van der Waals surface area contributed by atoms with Gasteiger partial charge >= 0.3 is 0 Å². The molecule has 1 saturated heterocycles. The Morgan fingerprint density at radius 2 is 1.66 bits per heavy atom. The van der Waals surface area contributed by atoms with Crippen LogP contribution in [0.15, 0.2) is 48.5 Å². The predicted molar refractivity (Wildman–Crippen MR) is 116 cm³/mol. The van der Waals surface area contributed by atoms with Gasteiger partial charge in [-0.1, -0.05) is 12.1 Å². The molecule has 0 aliphatic carbocycles. The fraction of sp³-hybridized carbons (Fsp3) is 0.429. The number of hydrogen-bond donors (Lipinski definition) is 2. The van der Waals surface area contributed by atoms with Gasteiger partial charge in [0.1, 0.15) is 11.9 Å². The van der Waals surface area contributed by atoms with Gasteiger partial charge in [-0.05, 0) is 36.4 Å². The molecule has 1 aliphatic rings. The van der Waals surface area contributed by atoms with Crippen LogP contribution in [0.25, 0.3) is 0 Å². The summed E-state index contributed by atoms with van der Waals surface area (Å²) in [4.78, 5) is 5.64. The molecule has 1 aliphatic heterocycles. The van der Waals surface area contributed by atoms with Gasteiger partial charge in [0.2, 0.25) is 10.0 Å². The van der Waals surface area contributed by atoms with Crippen molar-refractivity contribution in [1.29, 1.82) is 0 Å². The first-order valence-corrected chi connectivity index (χ1v) is 11.7. The van der Waals surface area contributed by atoms with Gasteiger partial charge in [0, 0.05) is 31.0 Å². The Morgan fingerprint density at radius 1 is 1.07 bits per heavy atom. The van der Waals surface area contributed by atoms with Crippen LogP contribution in [0.4, 0.5) is 15.8 Å². The molecule has 3 rings (SSSR count). The second-order valence-corrected chi connectivity index (χ2v) is 9.61. The first kappa shape index (κ1) is 21.5. The van der Waals surface area contributed by atoms with E-state index in [0.717, 1.165) is 43.1 Å². The lowest BCUT2D eigenvalue weighted by atomic mass is 10.0. The number of piperazine rings is 1. The smallest absolute Gasteiger partial charge is 0.208 e. The standard InChI is InChI=1S/C21H29FN4O2S/c1-24(2)19-8-4-17(5-9-19)21(16-23-29(3,27)28)26-14-12-25(13-15-26)20-10-6-18(22)7-11-20/h4-11,21,23H,12-16H2,1-3H3/p+1/t21-/m0/s1. The summed E-state index contributed by atoms with van der Waals surface area (Å²) in [7, 11) is 0.733. The molecule has 0 amide bonds. The van der Waals surface area contributed by atoms with Gasteiger partial charge in [0.25, 0.3) is 0 Å². The van der Waals surface area contributed by atoms with Gasteiger partial charge in [-0.3, -0.25) is 0 Å². The van der Waals surface area contributed by atoms with E-state index in [1.807, 2.05) is 31.1 Å². The lowest BCUT2D eigenvalue weighted by molar-refractivity contribution is -0.930. The fourth-order valence-corrected chi connectivity index (χ4v) is 4.26. The highest BCUT2D eigenvalue weighted by molar-refractivity contribution is 7.88. The Labute approximate surface area is 173 Å². The number of nitrogens with zero attached hydrogens (tertiary/aromatic N) is 2. The normalized spacial score (nSPS) is 16.6. The van der Waals surface area contributed by atoms with Crippen LogP contribution in [-0.4, -0.2) is 61.5 Å². The number of halogens is 1. The van der Waals surface area contributed by atoms with Crippen molar-refractivity contribution in [1.82, 2.24) is 4.72 Å². The zero-order chi connectivity index (χ0) is 21.0. The largest absolute Gasteiger partial charge is 0.378 e. The molecule has 2 aromatic carbocycles. The van der Waals surface area contributed by atoms with Crippen LogP contribution in [0.2, 0.25) is 0 Å². The molecular weight excluding hydrogens is 391 g/mol. The van der Waals surface area contributed by atoms with Crippen LogP contribution in [-0.2, 0) is 10.0 Å². The quantitative estimate of drug-likeness (QED) is 0.697. The zero-order valence-electron chi connectivity index (χ0n) is 17.2. The Hall–Kier alpha value is -2.16. The van der Waals surface area contributed by atoms with Crippen LogP contribution in [0.3, 0.4) is 0 Å². The predicted octanol–water partition coefficient (Wildman–Crippen LogP) is 0.887. The number of sulfonamides is 1. The molecule has 0 bridgehead atoms. The van der Waals surface area contributed by atoms with Crippen LogP contribution < -0.4 is 19.4 Å². The van der Waals surface area contributed by atoms with Crippen molar-refractivity contribution in [2.75, 3.05) is 62.9 Å². The molecule has 0 saturated carbocycles. The highest BCUT2D eigenvalue weighted by atomic mass is 32.2. The van der Waals surface area contributed by atoms with E-state index in [1.165, 1.54) is 23.3 Å². The van der Waals surface area contributed by atoms with E-state index in [-0.39, 0.29) is 11.9 Å². The minimum Gasteiger partial charge on any atom is -0.378 e. The molecule has 0 aromatic heterocycles. The number of nitrogens with one attached hydrogen (secondary N) is 2. The van der Waals surface area contributed by atoms with Gasteiger partial charge in [-0.2, -0.15) is 0 Å². The highest BCUT2D eigenvalue weighted by Gasteiger charge is 2.29. The molecule has 1 heterocycles. The summed E-state index contributed by atoms with van der Waals surface area (Å²) in [6, 6.07) is 14.9. The van der Waals surface area contributed by atoms with E-state index in [1.54, 1.807) is 0 Å². The fourth-order valence-electron chi connectivity index (χ4n) is 3.79. The number of rotatable bonds is 7. The van der Waals surface area contributed by atoms with Gasteiger partial charge in [0.05, 0.1) is 39.0 Å². The molecule has 1 fully saturated rings. The molecule has 0 radical (unpaired) electrons. The van der Waals surface area contributed by atoms with Crippen molar-refractivity contribution in [3.63, 3.8) is 0 Å². The lowest BCUT2D eigenvalue weighted by Gasteiger charge is -2.38. The minimum absolute atomic E-state index is 0.0382. The molecule has 0 spiro atoms. The summed E-state index contributed by atoms with van der Waals surface area (Å²) >= 11 is 0. The molecule has 158 valence electrons.